The second kappa shape index (κ2) is 4.59. The van der Waals surface area contributed by atoms with Crippen LogP contribution < -0.4 is 5.73 Å². The average molecular weight is 197 g/mol. The summed E-state index contributed by atoms with van der Waals surface area (Å²) in [6, 6.07) is 10.3. The van der Waals surface area contributed by atoms with Gasteiger partial charge < -0.3 is 5.73 Å². The van der Waals surface area contributed by atoms with Crippen molar-refractivity contribution in [3.63, 3.8) is 0 Å². The molecule has 1 amide bonds. The van der Waals surface area contributed by atoms with Crippen LogP contribution in [0.4, 0.5) is 0 Å². The number of rotatable bonds is 2. The van der Waals surface area contributed by atoms with E-state index in [9.17, 15) is 4.79 Å². The predicted octanol–water partition coefficient (Wildman–Crippen LogP) is 0.951. The maximum Gasteiger partial charge on any atom is 0.259 e. The van der Waals surface area contributed by atoms with Gasteiger partial charge in [0.2, 0.25) is 0 Å². The van der Waals surface area contributed by atoms with Crippen LogP contribution in [0.25, 0.3) is 6.08 Å². The van der Waals surface area contributed by atoms with Gasteiger partial charge in [0.05, 0.1) is 11.6 Å². The Kier molecular flexibility index (Phi) is 3.21. The third-order valence-corrected chi connectivity index (χ3v) is 1.77. The average Bonchev–Trinajstić information content (AvgIpc) is 2.25. The summed E-state index contributed by atoms with van der Waals surface area (Å²) in [6.45, 7) is 0. The first-order chi connectivity index (χ1) is 7.19. The molecule has 0 aromatic heterocycles. The number of amides is 1. The van der Waals surface area contributed by atoms with E-state index in [1.807, 2.05) is 6.07 Å². The highest BCUT2D eigenvalue weighted by atomic mass is 16.1. The molecule has 1 rings (SSSR count). The maximum absolute atomic E-state index is 10.8. The molecule has 0 saturated heterocycles. The first-order valence-corrected chi connectivity index (χ1v) is 4.09. The summed E-state index contributed by atoms with van der Waals surface area (Å²) in [7, 11) is 0. The molecule has 0 aliphatic rings. The van der Waals surface area contributed by atoms with E-state index in [1.54, 1.807) is 30.3 Å². The van der Waals surface area contributed by atoms with Crippen LogP contribution >= 0.6 is 0 Å². The third kappa shape index (κ3) is 2.43. The zero-order valence-electron chi connectivity index (χ0n) is 7.77. The van der Waals surface area contributed by atoms with E-state index in [-0.39, 0.29) is 5.57 Å². The number of nitrogens with two attached hydrogens (primary N) is 1. The molecule has 0 bridgehead atoms. The molecule has 4 heteroatoms. The normalized spacial score (nSPS) is 10.1. The monoisotopic (exact) mass is 197 g/mol. The molecule has 0 atom stereocenters. The van der Waals surface area contributed by atoms with Gasteiger partial charge in [-0.25, -0.2) is 0 Å². The fourth-order valence-electron chi connectivity index (χ4n) is 1.04. The minimum atomic E-state index is -0.801. The van der Waals surface area contributed by atoms with Crippen LogP contribution in [0.5, 0.6) is 0 Å². The van der Waals surface area contributed by atoms with E-state index in [0.29, 0.717) is 11.1 Å². The summed E-state index contributed by atoms with van der Waals surface area (Å²) < 4.78 is 0. The Morgan fingerprint density at radius 2 is 2.00 bits per heavy atom. The standard InChI is InChI=1S/C11H7N3O/c12-6-9-4-2-1-3-8(9)5-10(7-13)11(14)15/h1-5H,(H2,14,15)/b10-5-. The molecule has 0 radical (unpaired) electrons. The van der Waals surface area contributed by atoms with Gasteiger partial charge in [-0.2, -0.15) is 10.5 Å². The summed E-state index contributed by atoms with van der Waals surface area (Å²) in [5.41, 5.74) is 5.71. The molecule has 4 nitrogen and oxygen atoms in total. The maximum atomic E-state index is 10.8. The lowest BCUT2D eigenvalue weighted by Crippen LogP contribution is -2.12. The summed E-state index contributed by atoms with van der Waals surface area (Å²) in [5, 5.41) is 17.4. The molecule has 2 N–H and O–H groups in total. The van der Waals surface area contributed by atoms with Crippen molar-refractivity contribution in [3.8, 4) is 12.1 Å². The molecule has 0 saturated carbocycles. The van der Waals surface area contributed by atoms with Gasteiger partial charge >= 0.3 is 0 Å². The highest BCUT2D eigenvalue weighted by molar-refractivity contribution is 6.00. The van der Waals surface area contributed by atoms with Crippen molar-refractivity contribution < 1.29 is 4.79 Å². The Balaban J connectivity index is 3.25. The van der Waals surface area contributed by atoms with Gasteiger partial charge in [0.25, 0.3) is 5.91 Å². The number of nitrogens with zero attached hydrogens (tertiary/aromatic N) is 2. The number of hydrogen-bond acceptors (Lipinski definition) is 3. The number of benzene rings is 1. The molecule has 0 aliphatic carbocycles. The second-order valence-corrected chi connectivity index (χ2v) is 2.73. The summed E-state index contributed by atoms with van der Waals surface area (Å²) in [5.74, 6) is -0.801. The van der Waals surface area contributed by atoms with E-state index in [4.69, 9.17) is 16.3 Å². The SMILES string of the molecule is N#C/C(=C/c1ccccc1C#N)C(N)=O. The van der Waals surface area contributed by atoms with Crippen LogP contribution in [-0.2, 0) is 4.79 Å². The van der Waals surface area contributed by atoms with E-state index in [0.717, 1.165) is 0 Å². The summed E-state index contributed by atoms with van der Waals surface area (Å²) in [4.78, 5) is 10.8. The van der Waals surface area contributed by atoms with E-state index in [1.165, 1.54) is 6.08 Å². The number of hydrogen-bond donors (Lipinski definition) is 1. The predicted molar refractivity (Wildman–Crippen MR) is 53.9 cm³/mol. The van der Waals surface area contributed by atoms with Crippen molar-refractivity contribution in [1.29, 1.82) is 10.5 Å². The zero-order chi connectivity index (χ0) is 11.3. The molecule has 72 valence electrons. The van der Waals surface area contributed by atoms with Gasteiger partial charge in [0.1, 0.15) is 11.6 Å². The van der Waals surface area contributed by atoms with Crippen molar-refractivity contribution in [3.05, 3.63) is 41.0 Å². The quantitative estimate of drug-likeness (QED) is 0.565. The van der Waals surface area contributed by atoms with Crippen LogP contribution in [-0.4, -0.2) is 5.91 Å². The number of primary amides is 1. The van der Waals surface area contributed by atoms with Gasteiger partial charge in [-0.1, -0.05) is 18.2 Å². The topological polar surface area (TPSA) is 90.7 Å². The highest BCUT2D eigenvalue weighted by Crippen LogP contribution is 2.11. The lowest BCUT2D eigenvalue weighted by atomic mass is 10.1. The van der Waals surface area contributed by atoms with Gasteiger partial charge in [-0.15, -0.1) is 0 Å². The first kappa shape index (κ1) is 10.5. The largest absolute Gasteiger partial charge is 0.365 e. The van der Waals surface area contributed by atoms with Gasteiger partial charge in [-0.3, -0.25) is 4.79 Å². The lowest BCUT2D eigenvalue weighted by Gasteiger charge is -1.96. The van der Waals surface area contributed by atoms with Crippen molar-refractivity contribution in [2.75, 3.05) is 0 Å². The van der Waals surface area contributed by atoms with Gasteiger partial charge in [-0.05, 0) is 17.7 Å². The number of carbonyl (C=O) groups excluding carboxylic acids is 1. The Morgan fingerprint density at radius 3 is 2.53 bits per heavy atom. The van der Waals surface area contributed by atoms with Crippen LogP contribution in [0, 0.1) is 22.7 Å². The Labute approximate surface area is 86.9 Å². The minimum Gasteiger partial charge on any atom is -0.365 e. The van der Waals surface area contributed by atoms with Crippen LogP contribution in [0.2, 0.25) is 0 Å². The zero-order valence-corrected chi connectivity index (χ0v) is 7.77. The van der Waals surface area contributed by atoms with Crippen LogP contribution in [0.15, 0.2) is 29.8 Å². The Morgan fingerprint density at radius 1 is 1.33 bits per heavy atom. The van der Waals surface area contributed by atoms with Crippen molar-refractivity contribution in [1.82, 2.24) is 0 Å². The fraction of sp³-hybridized carbons (Fsp3) is 0. The molecule has 0 unspecified atom stereocenters. The molecule has 0 fully saturated rings. The first-order valence-electron chi connectivity index (χ1n) is 4.09. The molecule has 0 aliphatic heterocycles. The highest BCUT2D eigenvalue weighted by Gasteiger charge is 2.05. The van der Waals surface area contributed by atoms with Gasteiger partial charge in [0, 0.05) is 0 Å². The second-order valence-electron chi connectivity index (χ2n) is 2.73. The molecule has 1 aromatic carbocycles. The van der Waals surface area contributed by atoms with Crippen LogP contribution in [0.1, 0.15) is 11.1 Å². The third-order valence-electron chi connectivity index (χ3n) is 1.77. The minimum absolute atomic E-state index is 0.169. The molecule has 0 spiro atoms. The fourth-order valence-corrected chi connectivity index (χ4v) is 1.04. The molecule has 1 aromatic rings. The van der Waals surface area contributed by atoms with E-state index in [2.05, 4.69) is 0 Å². The Hall–Kier alpha value is -2.59. The van der Waals surface area contributed by atoms with E-state index >= 15 is 0 Å². The molecule has 0 heterocycles. The van der Waals surface area contributed by atoms with Crippen LogP contribution in [0.3, 0.4) is 0 Å². The summed E-state index contributed by atoms with van der Waals surface area (Å²) in [6.07, 6.45) is 1.31. The van der Waals surface area contributed by atoms with Gasteiger partial charge in [0.15, 0.2) is 0 Å². The number of nitriles is 2. The summed E-state index contributed by atoms with van der Waals surface area (Å²) >= 11 is 0. The molecular formula is C11H7N3O. The number of carbonyl (C=O) groups is 1. The van der Waals surface area contributed by atoms with Crippen molar-refractivity contribution in [2.45, 2.75) is 0 Å². The molecular weight excluding hydrogens is 190 g/mol. The Bertz CT molecular complexity index is 503. The van der Waals surface area contributed by atoms with E-state index < -0.39 is 5.91 Å². The lowest BCUT2D eigenvalue weighted by molar-refractivity contribution is -0.114. The van der Waals surface area contributed by atoms with Crippen molar-refractivity contribution in [2.24, 2.45) is 5.73 Å². The molecule has 15 heavy (non-hydrogen) atoms. The smallest absolute Gasteiger partial charge is 0.259 e. The van der Waals surface area contributed by atoms with Crippen molar-refractivity contribution >= 4 is 12.0 Å².